The zero-order chi connectivity index (χ0) is 11.0. The number of anilines is 1. The van der Waals surface area contributed by atoms with E-state index in [9.17, 15) is 0 Å². The maximum Gasteiger partial charge on any atom is 0.195 e. The highest BCUT2D eigenvalue weighted by molar-refractivity contribution is 6.46. The summed E-state index contributed by atoms with van der Waals surface area (Å²) in [6, 6.07) is 1.67. The molecular weight excluding hydrogens is 235 g/mol. The lowest BCUT2D eigenvalue weighted by Crippen LogP contribution is -1.87. The van der Waals surface area contributed by atoms with Gasteiger partial charge in [0, 0.05) is 6.42 Å². The summed E-state index contributed by atoms with van der Waals surface area (Å²) in [6.45, 7) is 2.05. The summed E-state index contributed by atoms with van der Waals surface area (Å²) in [5, 5.41) is 0.657. The highest BCUT2D eigenvalue weighted by Gasteiger charge is 2.14. The molecule has 80 valence electrons. The molecule has 0 bridgehead atoms. The van der Waals surface area contributed by atoms with Crippen molar-refractivity contribution < 1.29 is 4.42 Å². The molecule has 1 aromatic carbocycles. The molecule has 1 aromatic heterocycles. The Labute approximate surface area is 97.2 Å². The van der Waals surface area contributed by atoms with Crippen LogP contribution in [0.3, 0.4) is 0 Å². The number of nitrogens with zero attached hydrogens (tertiary/aromatic N) is 1. The van der Waals surface area contributed by atoms with Crippen molar-refractivity contribution in [3.8, 4) is 0 Å². The van der Waals surface area contributed by atoms with Crippen LogP contribution in [0.1, 0.15) is 19.2 Å². The monoisotopic (exact) mass is 244 g/mol. The number of aromatic nitrogens is 1. The molecule has 0 aliphatic heterocycles. The molecule has 0 amide bonds. The van der Waals surface area contributed by atoms with Gasteiger partial charge in [-0.15, -0.1) is 0 Å². The molecule has 0 aliphatic carbocycles. The molecule has 0 spiro atoms. The van der Waals surface area contributed by atoms with Crippen LogP contribution in [0.15, 0.2) is 10.5 Å². The fourth-order valence-corrected chi connectivity index (χ4v) is 1.78. The number of nitrogens with two attached hydrogens (primary N) is 1. The van der Waals surface area contributed by atoms with Crippen LogP contribution in [0.2, 0.25) is 10.0 Å². The molecule has 0 saturated carbocycles. The van der Waals surface area contributed by atoms with Gasteiger partial charge in [0.05, 0.1) is 10.7 Å². The molecule has 0 saturated heterocycles. The lowest BCUT2D eigenvalue weighted by molar-refractivity contribution is 0.525. The zero-order valence-corrected chi connectivity index (χ0v) is 9.69. The third-order valence-corrected chi connectivity index (χ3v) is 2.96. The summed E-state index contributed by atoms with van der Waals surface area (Å²) >= 11 is 11.9. The van der Waals surface area contributed by atoms with E-state index in [0.717, 1.165) is 12.8 Å². The number of hydrogen-bond acceptors (Lipinski definition) is 3. The fourth-order valence-electron chi connectivity index (χ4n) is 1.39. The van der Waals surface area contributed by atoms with Gasteiger partial charge < -0.3 is 10.2 Å². The SMILES string of the molecule is CCCc1nc2cc(N)c(Cl)c(Cl)c2o1. The van der Waals surface area contributed by atoms with E-state index in [4.69, 9.17) is 33.4 Å². The van der Waals surface area contributed by atoms with E-state index in [1.165, 1.54) is 0 Å². The van der Waals surface area contributed by atoms with Crippen LogP contribution in [-0.4, -0.2) is 4.98 Å². The molecule has 2 N–H and O–H groups in total. The van der Waals surface area contributed by atoms with E-state index in [1.807, 2.05) is 0 Å². The minimum Gasteiger partial charge on any atom is -0.439 e. The van der Waals surface area contributed by atoms with Gasteiger partial charge in [-0.1, -0.05) is 30.1 Å². The minimum atomic E-state index is 0.323. The summed E-state index contributed by atoms with van der Waals surface area (Å²) in [6.07, 6.45) is 1.75. The Morgan fingerprint density at radius 3 is 2.80 bits per heavy atom. The van der Waals surface area contributed by atoms with Crippen LogP contribution in [0.5, 0.6) is 0 Å². The van der Waals surface area contributed by atoms with Crippen molar-refractivity contribution in [3.63, 3.8) is 0 Å². The fraction of sp³-hybridized carbons (Fsp3) is 0.300. The molecule has 0 fully saturated rings. The molecule has 15 heavy (non-hydrogen) atoms. The number of rotatable bonds is 2. The second kappa shape index (κ2) is 3.91. The van der Waals surface area contributed by atoms with Gasteiger partial charge in [0.1, 0.15) is 10.5 Å². The van der Waals surface area contributed by atoms with Crippen LogP contribution >= 0.6 is 23.2 Å². The first-order chi connectivity index (χ1) is 7.13. The molecule has 0 atom stereocenters. The number of aryl methyl sites for hydroxylation is 1. The van der Waals surface area contributed by atoms with Crippen LogP contribution in [-0.2, 0) is 6.42 Å². The van der Waals surface area contributed by atoms with Gasteiger partial charge in [0.25, 0.3) is 0 Å². The maximum atomic E-state index is 6.00. The Bertz CT molecular complexity index is 508. The van der Waals surface area contributed by atoms with Crippen LogP contribution < -0.4 is 5.73 Å². The summed E-state index contributed by atoms with van der Waals surface area (Å²) in [7, 11) is 0. The normalized spacial score (nSPS) is 11.1. The average Bonchev–Trinajstić information content (AvgIpc) is 2.58. The first kappa shape index (κ1) is 10.6. The molecule has 5 heteroatoms. The van der Waals surface area contributed by atoms with Crippen LogP contribution in [0.4, 0.5) is 5.69 Å². The predicted octanol–water partition coefficient (Wildman–Crippen LogP) is 3.67. The smallest absolute Gasteiger partial charge is 0.195 e. The third kappa shape index (κ3) is 1.77. The number of benzene rings is 1. The summed E-state index contributed by atoms with van der Waals surface area (Å²) in [5.41, 5.74) is 7.26. The number of nitrogen functional groups attached to an aromatic ring is 1. The lowest BCUT2D eigenvalue weighted by atomic mass is 10.3. The first-order valence-electron chi connectivity index (χ1n) is 4.66. The van der Waals surface area contributed by atoms with Gasteiger partial charge in [-0.3, -0.25) is 0 Å². The molecule has 0 radical (unpaired) electrons. The Kier molecular flexibility index (Phi) is 2.76. The minimum absolute atomic E-state index is 0.323. The number of oxazole rings is 1. The van der Waals surface area contributed by atoms with Gasteiger partial charge in [-0.2, -0.15) is 0 Å². The van der Waals surface area contributed by atoms with Crippen molar-refractivity contribution in [1.82, 2.24) is 4.98 Å². The Hall–Kier alpha value is -0.930. The van der Waals surface area contributed by atoms with Crippen molar-refractivity contribution >= 4 is 40.0 Å². The molecular formula is C10H10Cl2N2O. The Morgan fingerprint density at radius 1 is 1.40 bits per heavy atom. The maximum absolute atomic E-state index is 6.00. The van der Waals surface area contributed by atoms with E-state index < -0.39 is 0 Å². The second-order valence-corrected chi connectivity index (χ2v) is 4.06. The van der Waals surface area contributed by atoms with Crippen molar-refractivity contribution in [2.75, 3.05) is 5.73 Å². The van der Waals surface area contributed by atoms with Gasteiger partial charge in [0.15, 0.2) is 11.5 Å². The summed E-state index contributed by atoms with van der Waals surface area (Å²) < 4.78 is 5.49. The molecule has 1 heterocycles. The topological polar surface area (TPSA) is 52.0 Å². The quantitative estimate of drug-likeness (QED) is 0.821. The van der Waals surface area contributed by atoms with Crippen molar-refractivity contribution in [3.05, 3.63) is 22.0 Å². The van der Waals surface area contributed by atoms with Crippen molar-refractivity contribution in [2.45, 2.75) is 19.8 Å². The second-order valence-electron chi connectivity index (χ2n) is 3.30. The average molecular weight is 245 g/mol. The summed E-state index contributed by atoms with van der Waals surface area (Å²) in [5.74, 6) is 0.663. The predicted molar refractivity (Wildman–Crippen MR) is 62.4 cm³/mol. The highest BCUT2D eigenvalue weighted by Crippen LogP contribution is 2.35. The van der Waals surface area contributed by atoms with Crippen molar-refractivity contribution in [2.24, 2.45) is 0 Å². The van der Waals surface area contributed by atoms with E-state index in [0.29, 0.717) is 32.7 Å². The number of halogens is 2. The lowest BCUT2D eigenvalue weighted by Gasteiger charge is -1.99. The Morgan fingerprint density at radius 2 is 2.13 bits per heavy atom. The summed E-state index contributed by atoms with van der Waals surface area (Å²) in [4.78, 5) is 4.28. The van der Waals surface area contributed by atoms with E-state index in [1.54, 1.807) is 6.07 Å². The van der Waals surface area contributed by atoms with E-state index in [-0.39, 0.29) is 0 Å². The van der Waals surface area contributed by atoms with Gasteiger partial charge in [0.2, 0.25) is 0 Å². The standard InChI is InChI=1S/C10H10Cl2N2O/c1-2-3-7-14-6-4-5(13)8(11)9(12)10(6)15-7/h4H,2-3,13H2,1H3. The van der Waals surface area contributed by atoms with Crippen LogP contribution in [0, 0.1) is 0 Å². The van der Waals surface area contributed by atoms with Crippen LogP contribution in [0.25, 0.3) is 11.1 Å². The molecule has 0 unspecified atom stereocenters. The van der Waals surface area contributed by atoms with Gasteiger partial charge in [-0.25, -0.2) is 4.98 Å². The first-order valence-corrected chi connectivity index (χ1v) is 5.42. The third-order valence-electron chi connectivity index (χ3n) is 2.10. The van der Waals surface area contributed by atoms with Gasteiger partial charge in [-0.05, 0) is 12.5 Å². The number of fused-ring (bicyclic) bond motifs is 1. The highest BCUT2D eigenvalue weighted by atomic mass is 35.5. The van der Waals surface area contributed by atoms with Crippen molar-refractivity contribution in [1.29, 1.82) is 0 Å². The largest absolute Gasteiger partial charge is 0.439 e. The van der Waals surface area contributed by atoms with E-state index in [2.05, 4.69) is 11.9 Å². The number of hydrogen-bond donors (Lipinski definition) is 1. The molecule has 2 rings (SSSR count). The zero-order valence-electron chi connectivity index (χ0n) is 8.18. The van der Waals surface area contributed by atoms with E-state index >= 15 is 0 Å². The molecule has 0 aliphatic rings. The van der Waals surface area contributed by atoms with Gasteiger partial charge >= 0.3 is 0 Å². The Balaban J connectivity index is 2.65. The molecule has 3 nitrogen and oxygen atoms in total. The molecule has 2 aromatic rings.